The molecule has 0 radical (unpaired) electrons. The molecule has 2 saturated carbocycles. The van der Waals surface area contributed by atoms with Crippen LogP contribution in [-0.2, 0) is 4.79 Å². The Hall–Kier alpha value is -0.370. The van der Waals surface area contributed by atoms with E-state index >= 15 is 0 Å². The van der Waals surface area contributed by atoms with Gasteiger partial charge in [0, 0.05) is 6.42 Å². The number of carbonyl (C=O) groups excluding carboxylic acids is 1. The summed E-state index contributed by atoms with van der Waals surface area (Å²) in [4.78, 5) is 11.4. The molecule has 0 spiro atoms. The molecular weight excluding hydrogens is 140 g/mol. The normalized spacial score (nSPS) is 43.0. The Morgan fingerprint density at radius 1 is 1.55 bits per heavy atom. The van der Waals surface area contributed by atoms with Crippen LogP contribution in [0, 0.1) is 11.3 Å². The predicted octanol–water partition coefficient (Wildman–Crippen LogP) is 1.13. The third-order valence-electron chi connectivity index (χ3n) is 3.38. The average Bonchev–Trinajstić information content (AvgIpc) is 2.39. The van der Waals surface area contributed by atoms with Gasteiger partial charge in [0.25, 0.3) is 0 Å². The number of Topliss-reactive ketones (excluding diaryl/α,β-unsaturated/α-hetero) is 1. The van der Waals surface area contributed by atoms with E-state index < -0.39 is 0 Å². The SMILES string of the molecule is O=C1CC[C@@H]2CC[C@@]1(CO)C2. The fraction of sp³-hybridized carbons (Fsp3) is 0.889. The number of aliphatic hydroxyl groups is 1. The van der Waals surface area contributed by atoms with Crippen molar-refractivity contribution >= 4 is 5.78 Å². The van der Waals surface area contributed by atoms with Gasteiger partial charge in [0.2, 0.25) is 0 Å². The fourth-order valence-electron chi connectivity index (χ4n) is 2.57. The first-order valence-electron chi connectivity index (χ1n) is 4.41. The minimum absolute atomic E-state index is 0.0856. The molecule has 11 heavy (non-hydrogen) atoms. The van der Waals surface area contributed by atoms with Gasteiger partial charge >= 0.3 is 0 Å². The highest BCUT2D eigenvalue weighted by atomic mass is 16.3. The van der Waals surface area contributed by atoms with Crippen LogP contribution in [0.2, 0.25) is 0 Å². The maximum Gasteiger partial charge on any atom is 0.141 e. The number of hydrogen-bond donors (Lipinski definition) is 1. The quantitative estimate of drug-likeness (QED) is 0.614. The molecule has 2 atom stereocenters. The molecule has 2 nitrogen and oxygen atoms in total. The Balaban J connectivity index is 2.23. The van der Waals surface area contributed by atoms with Crippen LogP contribution in [-0.4, -0.2) is 17.5 Å². The number of fused-ring (bicyclic) bond motifs is 2. The Morgan fingerprint density at radius 2 is 2.36 bits per heavy atom. The maximum absolute atomic E-state index is 11.4. The Bertz CT molecular complexity index is 188. The van der Waals surface area contributed by atoms with Crippen LogP contribution >= 0.6 is 0 Å². The van der Waals surface area contributed by atoms with Crippen LogP contribution in [0.1, 0.15) is 32.1 Å². The van der Waals surface area contributed by atoms with Gasteiger partial charge in [0.15, 0.2) is 0 Å². The molecule has 0 aromatic rings. The molecule has 2 aliphatic carbocycles. The molecule has 0 heterocycles. The summed E-state index contributed by atoms with van der Waals surface area (Å²) >= 11 is 0. The lowest BCUT2D eigenvalue weighted by Gasteiger charge is -2.29. The van der Waals surface area contributed by atoms with E-state index in [2.05, 4.69) is 0 Å². The number of rotatable bonds is 1. The fourth-order valence-corrected chi connectivity index (χ4v) is 2.57. The molecule has 0 aromatic carbocycles. The van der Waals surface area contributed by atoms with Gasteiger partial charge in [0.05, 0.1) is 12.0 Å². The summed E-state index contributed by atoms with van der Waals surface area (Å²) in [6.45, 7) is 0.0856. The van der Waals surface area contributed by atoms with Crippen molar-refractivity contribution < 1.29 is 9.90 Å². The van der Waals surface area contributed by atoms with Crippen LogP contribution in [0.25, 0.3) is 0 Å². The standard InChI is InChI=1S/C9H14O2/c10-6-9-4-3-7(5-9)1-2-8(9)11/h7,10H,1-6H2/t7-,9+/m1/s1. The zero-order valence-corrected chi connectivity index (χ0v) is 6.68. The zero-order valence-electron chi connectivity index (χ0n) is 6.68. The van der Waals surface area contributed by atoms with Crippen LogP contribution in [0.5, 0.6) is 0 Å². The summed E-state index contributed by atoms with van der Waals surface area (Å²) in [6, 6.07) is 0. The molecule has 2 rings (SSSR count). The molecule has 2 heteroatoms. The monoisotopic (exact) mass is 154 g/mol. The van der Waals surface area contributed by atoms with Gasteiger partial charge in [-0.25, -0.2) is 0 Å². The van der Waals surface area contributed by atoms with Crippen molar-refractivity contribution in [3.05, 3.63) is 0 Å². The van der Waals surface area contributed by atoms with Crippen molar-refractivity contribution in [3.8, 4) is 0 Å². The topological polar surface area (TPSA) is 37.3 Å². The lowest BCUT2D eigenvalue weighted by molar-refractivity contribution is -0.132. The second-order valence-electron chi connectivity index (χ2n) is 4.01. The van der Waals surface area contributed by atoms with Gasteiger partial charge in [0.1, 0.15) is 5.78 Å². The Labute approximate surface area is 66.6 Å². The third-order valence-corrected chi connectivity index (χ3v) is 3.38. The van der Waals surface area contributed by atoms with Crippen molar-refractivity contribution in [2.75, 3.05) is 6.61 Å². The molecule has 1 N–H and O–H groups in total. The van der Waals surface area contributed by atoms with Gasteiger partial charge in [-0.1, -0.05) is 0 Å². The number of aliphatic hydroxyl groups excluding tert-OH is 1. The molecule has 0 aromatic heterocycles. The van der Waals surface area contributed by atoms with Gasteiger partial charge < -0.3 is 5.11 Å². The van der Waals surface area contributed by atoms with E-state index in [1.54, 1.807) is 0 Å². The molecule has 0 amide bonds. The van der Waals surface area contributed by atoms with Crippen molar-refractivity contribution in [1.29, 1.82) is 0 Å². The summed E-state index contributed by atoms with van der Waals surface area (Å²) in [6.07, 6.45) is 4.84. The molecule has 2 fully saturated rings. The first kappa shape index (κ1) is 7.29. The average molecular weight is 154 g/mol. The van der Waals surface area contributed by atoms with Gasteiger partial charge in [-0.2, -0.15) is 0 Å². The van der Waals surface area contributed by atoms with E-state index in [-0.39, 0.29) is 12.0 Å². The van der Waals surface area contributed by atoms with E-state index in [9.17, 15) is 4.79 Å². The Morgan fingerprint density at radius 3 is 3.00 bits per heavy atom. The van der Waals surface area contributed by atoms with E-state index in [4.69, 9.17) is 5.11 Å². The molecule has 2 aliphatic rings. The minimum Gasteiger partial charge on any atom is -0.395 e. The van der Waals surface area contributed by atoms with Crippen molar-refractivity contribution in [2.45, 2.75) is 32.1 Å². The smallest absolute Gasteiger partial charge is 0.141 e. The largest absolute Gasteiger partial charge is 0.395 e. The van der Waals surface area contributed by atoms with Crippen LogP contribution in [0.15, 0.2) is 0 Å². The van der Waals surface area contributed by atoms with Crippen molar-refractivity contribution in [1.82, 2.24) is 0 Å². The molecule has 0 saturated heterocycles. The summed E-state index contributed by atoms with van der Waals surface area (Å²) in [5, 5.41) is 9.12. The molecular formula is C9H14O2. The van der Waals surface area contributed by atoms with Gasteiger partial charge in [-0.15, -0.1) is 0 Å². The molecule has 0 aliphatic heterocycles. The van der Waals surface area contributed by atoms with Crippen molar-refractivity contribution in [2.24, 2.45) is 11.3 Å². The predicted molar refractivity (Wildman–Crippen MR) is 41.1 cm³/mol. The lowest BCUT2D eigenvalue weighted by atomic mass is 9.75. The number of ketones is 1. The second kappa shape index (κ2) is 2.31. The van der Waals surface area contributed by atoms with E-state index in [1.807, 2.05) is 0 Å². The first-order valence-corrected chi connectivity index (χ1v) is 4.41. The highest BCUT2D eigenvalue weighted by Gasteiger charge is 2.47. The van der Waals surface area contributed by atoms with Gasteiger partial charge in [-0.3, -0.25) is 4.79 Å². The second-order valence-corrected chi connectivity index (χ2v) is 4.01. The van der Waals surface area contributed by atoms with Crippen LogP contribution in [0.4, 0.5) is 0 Å². The molecule has 2 bridgehead atoms. The summed E-state index contributed by atoms with van der Waals surface area (Å²) < 4.78 is 0. The molecule has 0 unspecified atom stereocenters. The summed E-state index contributed by atoms with van der Waals surface area (Å²) in [5.74, 6) is 1.05. The Kier molecular flexibility index (Phi) is 1.53. The summed E-state index contributed by atoms with van der Waals surface area (Å²) in [5.41, 5.74) is -0.289. The van der Waals surface area contributed by atoms with Crippen LogP contribution in [0.3, 0.4) is 0 Å². The van der Waals surface area contributed by atoms with E-state index in [0.29, 0.717) is 12.2 Å². The highest BCUT2D eigenvalue weighted by molar-refractivity contribution is 5.86. The third kappa shape index (κ3) is 0.924. The first-order chi connectivity index (χ1) is 5.27. The van der Waals surface area contributed by atoms with E-state index in [1.165, 1.54) is 0 Å². The lowest BCUT2D eigenvalue weighted by Crippen LogP contribution is -2.34. The highest BCUT2D eigenvalue weighted by Crippen LogP contribution is 2.48. The summed E-state index contributed by atoms with van der Waals surface area (Å²) in [7, 11) is 0. The van der Waals surface area contributed by atoms with Gasteiger partial charge in [-0.05, 0) is 31.6 Å². The maximum atomic E-state index is 11.4. The van der Waals surface area contributed by atoms with Crippen LogP contribution < -0.4 is 0 Å². The zero-order chi connectivity index (χ0) is 7.90. The van der Waals surface area contributed by atoms with E-state index in [0.717, 1.165) is 31.6 Å². The number of hydrogen-bond acceptors (Lipinski definition) is 2. The minimum atomic E-state index is -0.289. The number of carbonyl (C=O) groups is 1. The molecule has 62 valence electrons. The van der Waals surface area contributed by atoms with Crippen molar-refractivity contribution in [3.63, 3.8) is 0 Å².